The van der Waals surface area contributed by atoms with E-state index in [4.69, 9.17) is 0 Å². The minimum atomic E-state index is 0.628. The van der Waals surface area contributed by atoms with Gasteiger partial charge in [0.2, 0.25) is 0 Å². The van der Waals surface area contributed by atoms with Gasteiger partial charge in [0, 0.05) is 37.4 Å². The summed E-state index contributed by atoms with van der Waals surface area (Å²) in [6.45, 7) is 12.2. The Morgan fingerprint density at radius 2 is 2.19 bits per heavy atom. The Morgan fingerprint density at radius 1 is 1.38 bits per heavy atom. The molecule has 0 spiro atoms. The SMILES string of the molecule is CCCC1CNC(CC(C)C)CN1Cc1cccc(C)n1. The summed E-state index contributed by atoms with van der Waals surface area (Å²) in [7, 11) is 0. The molecule has 1 aliphatic heterocycles. The first-order valence-corrected chi connectivity index (χ1v) is 8.48. The summed E-state index contributed by atoms with van der Waals surface area (Å²) in [5, 5.41) is 3.75. The number of nitrogens with zero attached hydrogens (tertiary/aromatic N) is 2. The summed E-state index contributed by atoms with van der Waals surface area (Å²) >= 11 is 0. The van der Waals surface area contributed by atoms with Crippen molar-refractivity contribution in [3.63, 3.8) is 0 Å². The van der Waals surface area contributed by atoms with Crippen molar-refractivity contribution in [1.29, 1.82) is 0 Å². The van der Waals surface area contributed by atoms with Crippen molar-refractivity contribution >= 4 is 0 Å². The quantitative estimate of drug-likeness (QED) is 0.870. The van der Waals surface area contributed by atoms with Crippen molar-refractivity contribution in [2.75, 3.05) is 13.1 Å². The lowest BCUT2D eigenvalue weighted by molar-refractivity contribution is 0.106. The van der Waals surface area contributed by atoms with Crippen LogP contribution in [0.4, 0.5) is 0 Å². The Kier molecular flexibility index (Phi) is 6.19. The van der Waals surface area contributed by atoms with Crippen molar-refractivity contribution in [3.8, 4) is 0 Å². The molecule has 118 valence electrons. The third kappa shape index (κ3) is 5.08. The van der Waals surface area contributed by atoms with Crippen molar-refractivity contribution < 1.29 is 0 Å². The van der Waals surface area contributed by atoms with Crippen molar-refractivity contribution in [2.24, 2.45) is 5.92 Å². The fraction of sp³-hybridized carbons (Fsp3) is 0.722. The van der Waals surface area contributed by atoms with Gasteiger partial charge in [-0.2, -0.15) is 0 Å². The van der Waals surface area contributed by atoms with Crippen LogP contribution in [0.15, 0.2) is 18.2 Å². The molecule has 1 aromatic heterocycles. The normalized spacial score (nSPS) is 23.7. The average Bonchev–Trinajstić information content (AvgIpc) is 2.41. The summed E-state index contributed by atoms with van der Waals surface area (Å²) in [5.41, 5.74) is 2.33. The first-order valence-electron chi connectivity index (χ1n) is 8.48. The zero-order valence-electron chi connectivity index (χ0n) is 14.1. The lowest BCUT2D eigenvalue weighted by atomic mass is 9.98. The monoisotopic (exact) mass is 289 g/mol. The number of aryl methyl sites for hydroxylation is 1. The van der Waals surface area contributed by atoms with E-state index in [9.17, 15) is 0 Å². The second-order valence-electron chi connectivity index (χ2n) is 6.88. The van der Waals surface area contributed by atoms with Crippen LogP contribution < -0.4 is 5.32 Å². The van der Waals surface area contributed by atoms with E-state index in [1.54, 1.807) is 0 Å². The van der Waals surface area contributed by atoms with Gasteiger partial charge in [-0.05, 0) is 37.8 Å². The number of piperazine rings is 1. The Balaban J connectivity index is 2.02. The molecule has 0 aromatic carbocycles. The largest absolute Gasteiger partial charge is 0.311 e. The number of pyridine rings is 1. The first-order chi connectivity index (χ1) is 10.1. The fourth-order valence-electron chi connectivity index (χ4n) is 3.36. The molecule has 2 rings (SSSR count). The van der Waals surface area contributed by atoms with Gasteiger partial charge in [-0.3, -0.25) is 9.88 Å². The Hall–Kier alpha value is -0.930. The van der Waals surface area contributed by atoms with Crippen LogP contribution in [0.2, 0.25) is 0 Å². The second-order valence-corrected chi connectivity index (χ2v) is 6.88. The molecule has 0 amide bonds. The van der Waals surface area contributed by atoms with Crippen LogP contribution in [-0.2, 0) is 6.54 Å². The Morgan fingerprint density at radius 3 is 2.86 bits per heavy atom. The van der Waals surface area contributed by atoms with Gasteiger partial charge in [0.1, 0.15) is 0 Å². The number of hydrogen-bond donors (Lipinski definition) is 1. The van der Waals surface area contributed by atoms with Crippen molar-refractivity contribution in [2.45, 2.75) is 65.6 Å². The minimum absolute atomic E-state index is 0.628. The zero-order chi connectivity index (χ0) is 15.2. The third-order valence-electron chi connectivity index (χ3n) is 4.30. The maximum absolute atomic E-state index is 4.69. The van der Waals surface area contributed by atoms with Crippen LogP contribution in [0.3, 0.4) is 0 Å². The number of rotatable bonds is 6. The number of hydrogen-bond acceptors (Lipinski definition) is 3. The first kappa shape index (κ1) is 16.4. The maximum atomic E-state index is 4.69. The van der Waals surface area contributed by atoms with Gasteiger partial charge in [-0.1, -0.05) is 33.3 Å². The lowest BCUT2D eigenvalue weighted by Crippen LogP contribution is -2.56. The molecule has 1 saturated heterocycles. The highest BCUT2D eigenvalue weighted by Crippen LogP contribution is 2.18. The van der Waals surface area contributed by atoms with Crippen LogP contribution in [0.5, 0.6) is 0 Å². The molecule has 2 atom stereocenters. The van der Waals surface area contributed by atoms with E-state index in [-0.39, 0.29) is 0 Å². The average molecular weight is 289 g/mol. The molecule has 1 aliphatic rings. The molecule has 0 bridgehead atoms. The molecule has 0 aliphatic carbocycles. The van der Waals surface area contributed by atoms with Gasteiger partial charge in [0.15, 0.2) is 0 Å². The second kappa shape index (κ2) is 7.90. The molecule has 1 aromatic rings. The van der Waals surface area contributed by atoms with Gasteiger partial charge in [0.05, 0.1) is 5.69 Å². The molecule has 1 fully saturated rings. The van der Waals surface area contributed by atoms with Crippen LogP contribution in [0.25, 0.3) is 0 Å². The van der Waals surface area contributed by atoms with E-state index in [1.807, 2.05) is 0 Å². The number of aromatic nitrogens is 1. The Labute approximate surface area is 130 Å². The molecule has 2 heterocycles. The molecular formula is C18H31N3. The van der Waals surface area contributed by atoms with Crippen LogP contribution in [0, 0.1) is 12.8 Å². The summed E-state index contributed by atoms with van der Waals surface area (Å²) in [5.74, 6) is 0.754. The Bertz CT molecular complexity index is 430. The predicted molar refractivity (Wildman–Crippen MR) is 89.3 cm³/mol. The van der Waals surface area contributed by atoms with E-state index in [2.05, 4.69) is 61.1 Å². The van der Waals surface area contributed by atoms with Crippen molar-refractivity contribution in [1.82, 2.24) is 15.2 Å². The molecule has 1 N–H and O–H groups in total. The molecule has 3 heteroatoms. The maximum Gasteiger partial charge on any atom is 0.0547 e. The van der Waals surface area contributed by atoms with Gasteiger partial charge in [0.25, 0.3) is 0 Å². The summed E-state index contributed by atoms with van der Waals surface area (Å²) in [6, 6.07) is 7.64. The van der Waals surface area contributed by atoms with E-state index in [1.165, 1.54) is 25.0 Å². The molecule has 21 heavy (non-hydrogen) atoms. The fourth-order valence-corrected chi connectivity index (χ4v) is 3.36. The summed E-state index contributed by atoms with van der Waals surface area (Å²) < 4.78 is 0. The highest BCUT2D eigenvalue weighted by atomic mass is 15.2. The minimum Gasteiger partial charge on any atom is -0.311 e. The van der Waals surface area contributed by atoms with E-state index in [0.29, 0.717) is 12.1 Å². The smallest absolute Gasteiger partial charge is 0.0547 e. The third-order valence-corrected chi connectivity index (χ3v) is 4.30. The van der Waals surface area contributed by atoms with E-state index < -0.39 is 0 Å². The topological polar surface area (TPSA) is 28.2 Å². The van der Waals surface area contributed by atoms with E-state index >= 15 is 0 Å². The number of nitrogens with one attached hydrogen (secondary N) is 1. The van der Waals surface area contributed by atoms with Gasteiger partial charge in [-0.25, -0.2) is 0 Å². The lowest BCUT2D eigenvalue weighted by Gasteiger charge is -2.41. The summed E-state index contributed by atoms with van der Waals surface area (Å²) in [4.78, 5) is 7.33. The van der Waals surface area contributed by atoms with Crippen molar-refractivity contribution in [3.05, 3.63) is 29.6 Å². The van der Waals surface area contributed by atoms with Crippen LogP contribution in [-0.4, -0.2) is 35.1 Å². The molecule has 2 unspecified atom stereocenters. The van der Waals surface area contributed by atoms with Crippen LogP contribution >= 0.6 is 0 Å². The predicted octanol–water partition coefficient (Wildman–Crippen LogP) is 3.38. The van der Waals surface area contributed by atoms with Gasteiger partial charge in [-0.15, -0.1) is 0 Å². The van der Waals surface area contributed by atoms with Gasteiger partial charge < -0.3 is 5.32 Å². The standard InChI is InChI=1S/C18H31N3/c1-5-7-18-11-19-17(10-14(2)3)13-21(18)12-16-9-6-8-15(4)20-16/h6,8-9,14,17-19H,5,7,10-13H2,1-4H3. The molecule has 0 saturated carbocycles. The molecular weight excluding hydrogens is 258 g/mol. The van der Waals surface area contributed by atoms with Gasteiger partial charge >= 0.3 is 0 Å². The van der Waals surface area contributed by atoms with E-state index in [0.717, 1.165) is 31.2 Å². The molecule has 0 radical (unpaired) electrons. The highest BCUT2D eigenvalue weighted by molar-refractivity contribution is 5.10. The zero-order valence-corrected chi connectivity index (χ0v) is 14.1. The van der Waals surface area contributed by atoms with Crippen LogP contribution in [0.1, 0.15) is 51.4 Å². The highest BCUT2D eigenvalue weighted by Gasteiger charge is 2.27. The summed E-state index contributed by atoms with van der Waals surface area (Å²) in [6.07, 6.45) is 3.78. The molecule has 3 nitrogen and oxygen atoms in total.